The van der Waals surface area contributed by atoms with Crippen LogP contribution in [0.15, 0.2) is 36.4 Å². The number of ether oxygens (including phenoxy) is 3. The quantitative estimate of drug-likeness (QED) is 0.245. The molecule has 30 heavy (non-hydrogen) atoms. The van der Waals surface area contributed by atoms with E-state index in [1.165, 1.54) is 25.3 Å². The van der Waals surface area contributed by atoms with E-state index in [9.17, 15) is 19.7 Å². The highest BCUT2D eigenvalue weighted by Gasteiger charge is 2.18. The van der Waals surface area contributed by atoms with Crippen molar-refractivity contribution in [3.05, 3.63) is 56.6 Å². The van der Waals surface area contributed by atoms with Crippen LogP contribution >= 0.6 is 23.2 Å². The molecule has 0 spiro atoms. The lowest BCUT2D eigenvalue weighted by Gasteiger charge is -2.09. The summed E-state index contributed by atoms with van der Waals surface area (Å²) in [6.07, 6.45) is 0.352. The Morgan fingerprint density at radius 2 is 1.93 bits per heavy atom. The minimum absolute atomic E-state index is 0.0151. The summed E-state index contributed by atoms with van der Waals surface area (Å²) < 4.78 is 15.2. The smallest absolute Gasteiger partial charge is 0.306 e. The van der Waals surface area contributed by atoms with Crippen LogP contribution in [0.2, 0.25) is 10.0 Å². The molecule has 0 fully saturated rings. The van der Waals surface area contributed by atoms with Crippen LogP contribution in [0, 0.1) is 10.1 Å². The number of esters is 1. The molecular weight excluding hydrogens is 439 g/mol. The lowest BCUT2D eigenvalue weighted by Crippen LogP contribution is -2.21. The Hall–Kier alpha value is -3.04. The van der Waals surface area contributed by atoms with E-state index in [1.807, 2.05) is 0 Å². The number of amides is 1. The highest BCUT2D eigenvalue weighted by atomic mass is 35.5. The minimum atomic E-state index is -0.708. The van der Waals surface area contributed by atoms with Crippen molar-refractivity contribution in [2.75, 3.05) is 25.6 Å². The van der Waals surface area contributed by atoms with E-state index in [-0.39, 0.29) is 30.2 Å². The van der Waals surface area contributed by atoms with Gasteiger partial charge in [-0.25, -0.2) is 0 Å². The Morgan fingerprint density at radius 1 is 1.17 bits per heavy atom. The topological polar surface area (TPSA) is 117 Å². The maximum Gasteiger partial charge on any atom is 0.306 e. The van der Waals surface area contributed by atoms with E-state index in [4.69, 9.17) is 37.4 Å². The van der Waals surface area contributed by atoms with Gasteiger partial charge in [0.25, 0.3) is 11.6 Å². The van der Waals surface area contributed by atoms with Crippen LogP contribution in [-0.4, -0.2) is 37.1 Å². The van der Waals surface area contributed by atoms with Crippen LogP contribution in [0.5, 0.6) is 11.5 Å². The molecule has 0 atom stereocenters. The molecule has 2 rings (SSSR count). The number of methoxy groups -OCH3 is 1. The Morgan fingerprint density at radius 3 is 2.60 bits per heavy atom. The Bertz CT molecular complexity index is 937. The van der Waals surface area contributed by atoms with Crippen LogP contribution in [0.25, 0.3) is 0 Å². The first-order valence-electron chi connectivity index (χ1n) is 8.66. The summed E-state index contributed by atoms with van der Waals surface area (Å²) in [5.41, 5.74) is -0.373. The zero-order valence-electron chi connectivity index (χ0n) is 15.9. The van der Waals surface area contributed by atoms with Crippen molar-refractivity contribution in [3.8, 4) is 11.5 Å². The molecule has 9 nitrogen and oxygen atoms in total. The number of hydrogen-bond donors (Lipinski definition) is 1. The predicted octanol–water partition coefficient (Wildman–Crippen LogP) is 4.25. The van der Waals surface area contributed by atoms with Crippen molar-refractivity contribution in [1.82, 2.24) is 0 Å². The third-order valence-corrected chi connectivity index (χ3v) is 4.25. The molecule has 0 bridgehead atoms. The molecular formula is C19H18Cl2N2O7. The number of nitro groups is 1. The Labute approximate surface area is 182 Å². The molecule has 2 aromatic carbocycles. The van der Waals surface area contributed by atoms with Gasteiger partial charge in [0.15, 0.2) is 6.61 Å². The van der Waals surface area contributed by atoms with Gasteiger partial charge in [0.1, 0.15) is 17.2 Å². The van der Waals surface area contributed by atoms with Crippen molar-refractivity contribution in [2.24, 2.45) is 0 Å². The molecule has 2 aromatic rings. The maximum absolute atomic E-state index is 11.9. The number of anilines is 1. The largest absolute Gasteiger partial charge is 0.496 e. The van der Waals surface area contributed by atoms with Crippen LogP contribution in [-0.2, 0) is 14.3 Å². The molecule has 0 aliphatic heterocycles. The lowest BCUT2D eigenvalue weighted by molar-refractivity contribution is -0.384. The lowest BCUT2D eigenvalue weighted by atomic mass is 10.2. The average Bonchev–Trinajstić information content (AvgIpc) is 2.71. The van der Waals surface area contributed by atoms with Crippen molar-refractivity contribution < 1.29 is 28.7 Å². The zero-order valence-corrected chi connectivity index (χ0v) is 17.4. The maximum atomic E-state index is 11.9. The third-order valence-electron chi connectivity index (χ3n) is 3.72. The Kier molecular flexibility index (Phi) is 8.70. The number of halogens is 2. The van der Waals surface area contributed by atoms with Gasteiger partial charge in [0.05, 0.1) is 29.7 Å². The summed E-state index contributed by atoms with van der Waals surface area (Å²) >= 11 is 11.8. The van der Waals surface area contributed by atoms with E-state index < -0.39 is 23.4 Å². The van der Waals surface area contributed by atoms with Gasteiger partial charge in [0, 0.05) is 11.4 Å². The van der Waals surface area contributed by atoms with Gasteiger partial charge in [-0.15, -0.1) is 0 Å². The van der Waals surface area contributed by atoms with E-state index in [0.717, 1.165) is 0 Å². The SMILES string of the molecule is COc1ccc(NC(=O)COC(=O)CCCOc2ccc(Cl)cc2Cl)c([N+](=O)[O-])c1. The number of nitrogens with zero attached hydrogens (tertiary/aromatic N) is 1. The van der Waals surface area contributed by atoms with Gasteiger partial charge in [-0.05, 0) is 36.8 Å². The number of nitro benzene ring substituents is 1. The third kappa shape index (κ3) is 7.09. The fourth-order valence-electron chi connectivity index (χ4n) is 2.29. The van der Waals surface area contributed by atoms with Gasteiger partial charge < -0.3 is 19.5 Å². The van der Waals surface area contributed by atoms with Gasteiger partial charge in [-0.1, -0.05) is 23.2 Å². The number of hydrogen-bond acceptors (Lipinski definition) is 7. The molecule has 0 aliphatic rings. The molecule has 0 radical (unpaired) electrons. The highest BCUT2D eigenvalue weighted by Crippen LogP contribution is 2.29. The average molecular weight is 457 g/mol. The summed E-state index contributed by atoms with van der Waals surface area (Å²) in [6, 6.07) is 8.75. The number of carbonyl (C=O) groups excluding carboxylic acids is 2. The minimum Gasteiger partial charge on any atom is -0.496 e. The molecule has 0 saturated heterocycles. The first-order valence-corrected chi connectivity index (χ1v) is 9.41. The van der Waals surface area contributed by atoms with Crippen molar-refractivity contribution >= 4 is 46.5 Å². The van der Waals surface area contributed by atoms with Gasteiger partial charge in [-0.2, -0.15) is 0 Å². The molecule has 0 aliphatic carbocycles. The van der Waals surface area contributed by atoms with Crippen LogP contribution in [0.1, 0.15) is 12.8 Å². The van der Waals surface area contributed by atoms with Crippen molar-refractivity contribution in [3.63, 3.8) is 0 Å². The second kappa shape index (κ2) is 11.2. The van der Waals surface area contributed by atoms with Crippen LogP contribution in [0.4, 0.5) is 11.4 Å². The van der Waals surface area contributed by atoms with Crippen molar-refractivity contribution in [2.45, 2.75) is 12.8 Å². The fourth-order valence-corrected chi connectivity index (χ4v) is 2.75. The highest BCUT2D eigenvalue weighted by molar-refractivity contribution is 6.35. The zero-order chi connectivity index (χ0) is 22.1. The summed E-state index contributed by atoms with van der Waals surface area (Å²) in [7, 11) is 1.37. The number of benzene rings is 2. The van der Waals surface area contributed by atoms with Gasteiger partial charge >= 0.3 is 5.97 Å². The summed E-state index contributed by atoms with van der Waals surface area (Å²) in [5.74, 6) is -0.607. The number of rotatable bonds is 10. The first kappa shape index (κ1) is 23.2. The normalized spacial score (nSPS) is 10.2. The second-order valence-corrected chi connectivity index (χ2v) is 6.72. The monoisotopic (exact) mass is 456 g/mol. The van der Waals surface area contributed by atoms with E-state index in [0.29, 0.717) is 22.2 Å². The van der Waals surface area contributed by atoms with Gasteiger partial charge in [-0.3, -0.25) is 19.7 Å². The molecule has 11 heteroatoms. The standard InChI is InChI=1S/C19H18Cl2N2O7/c1-28-13-5-6-15(16(10-13)23(26)27)22-18(24)11-30-19(25)3-2-8-29-17-7-4-12(20)9-14(17)21/h4-7,9-10H,2-3,8,11H2,1H3,(H,22,24). The van der Waals surface area contributed by atoms with E-state index in [2.05, 4.69) is 5.32 Å². The predicted molar refractivity (Wildman–Crippen MR) is 110 cm³/mol. The summed E-state index contributed by atoms with van der Waals surface area (Å²) in [5, 5.41) is 14.3. The first-order chi connectivity index (χ1) is 14.3. The molecule has 0 aromatic heterocycles. The summed E-state index contributed by atoms with van der Waals surface area (Å²) in [4.78, 5) is 34.1. The molecule has 160 valence electrons. The Balaban J connectivity index is 1.74. The molecule has 0 saturated carbocycles. The van der Waals surface area contributed by atoms with Crippen LogP contribution < -0.4 is 14.8 Å². The molecule has 1 N–H and O–H groups in total. The molecule has 0 heterocycles. The number of carbonyl (C=O) groups is 2. The van der Waals surface area contributed by atoms with E-state index in [1.54, 1.807) is 18.2 Å². The van der Waals surface area contributed by atoms with Crippen LogP contribution in [0.3, 0.4) is 0 Å². The van der Waals surface area contributed by atoms with Gasteiger partial charge in [0.2, 0.25) is 0 Å². The fraction of sp³-hybridized carbons (Fsp3) is 0.263. The van der Waals surface area contributed by atoms with Crippen molar-refractivity contribution in [1.29, 1.82) is 0 Å². The molecule has 1 amide bonds. The number of nitrogens with one attached hydrogen (secondary N) is 1. The second-order valence-electron chi connectivity index (χ2n) is 5.88. The van der Waals surface area contributed by atoms with E-state index >= 15 is 0 Å². The summed E-state index contributed by atoms with van der Waals surface area (Å²) in [6.45, 7) is -0.368. The molecule has 0 unspecified atom stereocenters.